The molecule has 4 nitrogen and oxygen atoms in total. The molecule has 3 N–H and O–H groups in total. The summed E-state index contributed by atoms with van der Waals surface area (Å²) in [6.07, 6.45) is 1.52. The Hall–Kier alpha value is -1.84. The molecule has 86 valence electrons. The fraction of sp³-hybridized carbons (Fsp3) is 0.333. The zero-order valence-corrected chi connectivity index (χ0v) is 9.27. The number of hydrogen-bond acceptors (Lipinski definition) is 3. The average molecular weight is 220 g/mol. The highest BCUT2D eigenvalue weighted by Crippen LogP contribution is 2.22. The van der Waals surface area contributed by atoms with Crippen LogP contribution in [0, 0.1) is 5.41 Å². The van der Waals surface area contributed by atoms with Crippen LogP contribution in [0.15, 0.2) is 24.3 Å². The average Bonchev–Trinajstić information content (AvgIpc) is 2.29. The summed E-state index contributed by atoms with van der Waals surface area (Å²) in [5, 5.41) is 7.27. The first-order chi connectivity index (χ1) is 7.69. The van der Waals surface area contributed by atoms with E-state index in [0.29, 0.717) is 12.0 Å². The molecule has 0 aromatic heterocycles. The summed E-state index contributed by atoms with van der Waals surface area (Å²) in [6, 6.07) is 7.18. The molecule has 16 heavy (non-hydrogen) atoms. The molecule has 0 saturated heterocycles. The lowest BCUT2D eigenvalue weighted by atomic mass is 10.0. The lowest BCUT2D eigenvalue weighted by Gasteiger charge is -2.14. The zero-order chi connectivity index (χ0) is 12.0. The van der Waals surface area contributed by atoms with Gasteiger partial charge in [-0.1, -0.05) is 37.6 Å². The van der Waals surface area contributed by atoms with Crippen molar-refractivity contribution in [3.8, 4) is 0 Å². The molecule has 0 radical (unpaired) electrons. The normalized spacial score (nSPS) is 11.8. The zero-order valence-electron chi connectivity index (χ0n) is 9.27. The predicted octanol–water partition coefficient (Wildman–Crippen LogP) is 1.98. The van der Waals surface area contributed by atoms with E-state index in [9.17, 15) is 4.79 Å². The molecule has 0 fully saturated rings. The first-order valence-corrected chi connectivity index (χ1v) is 5.22. The van der Waals surface area contributed by atoms with Crippen molar-refractivity contribution in [2.24, 2.45) is 5.73 Å². The first kappa shape index (κ1) is 12.2. The lowest BCUT2D eigenvalue weighted by molar-refractivity contribution is -0.134. The minimum atomic E-state index is -0.205. The minimum Gasteiger partial charge on any atom is -0.460 e. The van der Waals surface area contributed by atoms with Gasteiger partial charge in [0.15, 0.2) is 0 Å². The number of amidine groups is 1. The molecule has 0 amide bonds. The minimum absolute atomic E-state index is 0.0369. The van der Waals surface area contributed by atoms with Crippen LogP contribution in [0.5, 0.6) is 0 Å². The summed E-state index contributed by atoms with van der Waals surface area (Å²) >= 11 is 0. The van der Waals surface area contributed by atoms with Crippen LogP contribution in [0.3, 0.4) is 0 Å². The highest BCUT2D eigenvalue weighted by molar-refractivity contribution is 5.94. The Bertz CT molecular complexity index is 360. The number of nitrogens with one attached hydrogen (secondary N) is 1. The van der Waals surface area contributed by atoms with Crippen LogP contribution in [-0.4, -0.2) is 12.3 Å². The van der Waals surface area contributed by atoms with Gasteiger partial charge in [0.25, 0.3) is 6.47 Å². The Morgan fingerprint density at radius 1 is 1.50 bits per heavy atom. The molecule has 0 heterocycles. The van der Waals surface area contributed by atoms with Crippen molar-refractivity contribution in [3.05, 3.63) is 35.4 Å². The van der Waals surface area contributed by atoms with Gasteiger partial charge in [-0.15, -0.1) is 0 Å². The summed E-state index contributed by atoms with van der Waals surface area (Å²) in [6.45, 7) is 2.50. The van der Waals surface area contributed by atoms with Gasteiger partial charge in [-0.2, -0.15) is 0 Å². The molecule has 1 unspecified atom stereocenters. The van der Waals surface area contributed by atoms with E-state index in [0.717, 1.165) is 18.4 Å². The quantitative estimate of drug-likeness (QED) is 0.437. The molecular formula is C12H16N2O2. The molecule has 1 aromatic carbocycles. The number of carbonyl (C=O) groups is 1. The van der Waals surface area contributed by atoms with Gasteiger partial charge in [0.2, 0.25) is 0 Å². The molecule has 0 aliphatic carbocycles. The Labute approximate surface area is 94.9 Å². The third-order valence-electron chi connectivity index (χ3n) is 2.36. The number of ether oxygens (including phenoxy) is 1. The maximum atomic E-state index is 10.4. The van der Waals surface area contributed by atoms with E-state index in [2.05, 4.69) is 0 Å². The van der Waals surface area contributed by atoms with Gasteiger partial charge in [0.05, 0.1) is 0 Å². The number of nitrogen functional groups attached to an aromatic ring is 1. The highest BCUT2D eigenvalue weighted by Gasteiger charge is 2.11. The predicted molar refractivity (Wildman–Crippen MR) is 62.3 cm³/mol. The van der Waals surface area contributed by atoms with Crippen molar-refractivity contribution in [1.29, 1.82) is 5.41 Å². The van der Waals surface area contributed by atoms with E-state index in [1.165, 1.54) is 0 Å². The summed E-state index contributed by atoms with van der Waals surface area (Å²) in [4.78, 5) is 10.4. The maximum absolute atomic E-state index is 10.4. The molecule has 0 aliphatic heterocycles. The van der Waals surface area contributed by atoms with Crippen LogP contribution < -0.4 is 5.73 Å². The molecule has 1 aromatic rings. The van der Waals surface area contributed by atoms with Gasteiger partial charge in [0, 0.05) is 5.56 Å². The Balaban J connectivity index is 2.84. The number of carbonyl (C=O) groups excluding carboxylic acids is 1. The third kappa shape index (κ3) is 3.08. The van der Waals surface area contributed by atoms with Gasteiger partial charge >= 0.3 is 0 Å². The lowest BCUT2D eigenvalue weighted by Crippen LogP contribution is -2.11. The third-order valence-corrected chi connectivity index (χ3v) is 2.36. The Morgan fingerprint density at radius 2 is 2.12 bits per heavy atom. The van der Waals surface area contributed by atoms with E-state index in [1.807, 2.05) is 19.1 Å². The van der Waals surface area contributed by atoms with E-state index in [-0.39, 0.29) is 11.9 Å². The van der Waals surface area contributed by atoms with Crippen LogP contribution in [0.25, 0.3) is 0 Å². The summed E-state index contributed by atoms with van der Waals surface area (Å²) in [7, 11) is 0. The summed E-state index contributed by atoms with van der Waals surface area (Å²) in [5.74, 6) is 0.0369. The Morgan fingerprint density at radius 3 is 2.56 bits per heavy atom. The van der Waals surface area contributed by atoms with E-state index < -0.39 is 0 Å². The van der Waals surface area contributed by atoms with Crippen molar-refractivity contribution in [2.45, 2.75) is 25.9 Å². The fourth-order valence-corrected chi connectivity index (χ4v) is 1.52. The number of benzene rings is 1. The maximum Gasteiger partial charge on any atom is 0.293 e. The van der Waals surface area contributed by atoms with Crippen LogP contribution >= 0.6 is 0 Å². The standard InChI is InChI=1S/C12H16N2O2/c1-2-3-11(16-8-15)9-4-6-10(7-5-9)12(13)14/h4-8,11H,2-3H2,1H3,(H3,13,14). The monoisotopic (exact) mass is 220 g/mol. The topological polar surface area (TPSA) is 76.2 Å². The van der Waals surface area contributed by atoms with Gasteiger partial charge in [-0.3, -0.25) is 10.2 Å². The smallest absolute Gasteiger partial charge is 0.293 e. The fourth-order valence-electron chi connectivity index (χ4n) is 1.52. The van der Waals surface area contributed by atoms with Crippen LogP contribution in [0.2, 0.25) is 0 Å². The van der Waals surface area contributed by atoms with Gasteiger partial charge < -0.3 is 10.5 Å². The second-order valence-electron chi connectivity index (χ2n) is 3.55. The molecular weight excluding hydrogens is 204 g/mol. The molecule has 0 aliphatic rings. The van der Waals surface area contributed by atoms with E-state index >= 15 is 0 Å². The van der Waals surface area contributed by atoms with Crippen molar-refractivity contribution >= 4 is 12.3 Å². The molecule has 1 atom stereocenters. The molecule has 0 saturated carbocycles. The Kier molecular flexibility index (Phi) is 4.51. The SMILES string of the molecule is CCCC(OC=O)c1ccc(C(=N)N)cc1. The summed E-state index contributed by atoms with van der Waals surface area (Å²) < 4.78 is 5.00. The van der Waals surface area contributed by atoms with E-state index in [4.69, 9.17) is 15.9 Å². The highest BCUT2D eigenvalue weighted by atomic mass is 16.5. The van der Waals surface area contributed by atoms with Crippen LogP contribution in [0.1, 0.15) is 37.0 Å². The number of nitrogens with two attached hydrogens (primary N) is 1. The molecule has 0 spiro atoms. The second-order valence-corrected chi connectivity index (χ2v) is 3.55. The van der Waals surface area contributed by atoms with E-state index in [1.54, 1.807) is 12.1 Å². The number of rotatable bonds is 6. The van der Waals surface area contributed by atoms with Crippen molar-refractivity contribution in [1.82, 2.24) is 0 Å². The molecule has 4 heteroatoms. The number of hydrogen-bond donors (Lipinski definition) is 2. The van der Waals surface area contributed by atoms with Crippen molar-refractivity contribution in [2.75, 3.05) is 0 Å². The molecule has 0 bridgehead atoms. The van der Waals surface area contributed by atoms with Gasteiger partial charge in [-0.25, -0.2) is 0 Å². The van der Waals surface area contributed by atoms with Gasteiger partial charge in [0.1, 0.15) is 11.9 Å². The van der Waals surface area contributed by atoms with Crippen molar-refractivity contribution < 1.29 is 9.53 Å². The van der Waals surface area contributed by atoms with Crippen molar-refractivity contribution in [3.63, 3.8) is 0 Å². The van der Waals surface area contributed by atoms with Crippen LogP contribution in [-0.2, 0) is 9.53 Å². The molecule has 1 rings (SSSR count). The second kappa shape index (κ2) is 5.90. The largest absolute Gasteiger partial charge is 0.460 e. The van der Waals surface area contributed by atoms with Gasteiger partial charge in [-0.05, 0) is 12.0 Å². The summed E-state index contributed by atoms with van der Waals surface area (Å²) in [5.41, 5.74) is 6.95. The first-order valence-electron chi connectivity index (χ1n) is 5.22. The van der Waals surface area contributed by atoms with Crippen LogP contribution in [0.4, 0.5) is 0 Å².